The third-order valence-corrected chi connectivity index (χ3v) is 4.17. The molecule has 0 aliphatic carbocycles. The normalized spacial score (nSPS) is 21.2. The van der Waals surface area contributed by atoms with Crippen LogP contribution in [0.5, 0.6) is 0 Å². The molecular weight excluding hydrogens is 329 g/mol. The van der Waals surface area contributed by atoms with Crippen molar-refractivity contribution in [1.29, 1.82) is 0 Å². The van der Waals surface area contributed by atoms with Crippen molar-refractivity contribution in [3.63, 3.8) is 0 Å². The zero-order valence-electron chi connectivity index (χ0n) is 14.5. The Balaban J connectivity index is 2.17. The molecule has 2 atom stereocenters. The average Bonchev–Trinajstić information content (AvgIpc) is 2.80. The first-order valence-electron chi connectivity index (χ1n) is 8.02. The maximum Gasteiger partial charge on any atom is 0.325 e. The van der Waals surface area contributed by atoms with Crippen molar-refractivity contribution in [3.8, 4) is 0 Å². The maximum atomic E-state index is 13.2. The Hall–Kier alpha value is -2.48. The van der Waals surface area contributed by atoms with Gasteiger partial charge in [-0.25, -0.2) is 9.18 Å². The van der Waals surface area contributed by atoms with Gasteiger partial charge in [-0.15, -0.1) is 0 Å². The number of halogens is 1. The standard InChI is InChI=1S/C17H22FN3O4/c1-4-17(12-5-7-13(18)8-6-12)15(23)21(16(24)20-17)9-14(22)19-11(2)10-25-3/h5-8,11H,4,9-10H2,1-3H3,(H,19,22)(H,20,24). The summed E-state index contributed by atoms with van der Waals surface area (Å²) in [5.41, 5.74) is -0.811. The van der Waals surface area contributed by atoms with Crippen LogP contribution < -0.4 is 10.6 Å². The summed E-state index contributed by atoms with van der Waals surface area (Å²) in [6.07, 6.45) is 0.279. The second kappa shape index (κ2) is 7.60. The Labute approximate surface area is 145 Å². The van der Waals surface area contributed by atoms with Crippen LogP contribution in [0.2, 0.25) is 0 Å². The molecule has 0 saturated carbocycles. The van der Waals surface area contributed by atoms with Gasteiger partial charge in [0.15, 0.2) is 0 Å². The fourth-order valence-electron chi connectivity index (χ4n) is 2.90. The quantitative estimate of drug-likeness (QED) is 0.721. The summed E-state index contributed by atoms with van der Waals surface area (Å²) >= 11 is 0. The number of nitrogens with one attached hydrogen (secondary N) is 2. The van der Waals surface area contributed by atoms with Gasteiger partial charge in [0.05, 0.1) is 6.61 Å². The molecule has 1 heterocycles. The highest BCUT2D eigenvalue weighted by molar-refractivity contribution is 6.09. The van der Waals surface area contributed by atoms with Gasteiger partial charge in [-0.05, 0) is 31.0 Å². The molecule has 25 heavy (non-hydrogen) atoms. The summed E-state index contributed by atoms with van der Waals surface area (Å²) in [5, 5.41) is 5.30. The number of hydrogen-bond acceptors (Lipinski definition) is 4. The molecule has 0 aromatic heterocycles. The van der Waals surface area contributed by atoms with Gasteiger partial charge in [0.25, 0.3) is 5.91 Å². The fraction of sp³-hybridized carbons (Fsp3) is 0.471. The van der Waals surface area contributed by atoms with Crippen LogP contribution in [0.4, 0.5) is 9.18 Å². The van der Waals surface area contributed by atoms with E-state index in [0.717, 1.165) is 4.90 Å². The molecule has 1 fully saturated rings. The average molecular weight is 351 g/mol. The molecule has 0 spiro atoms. The highest BCUT2D eigenvalue weighted by Crippen LogP contribution is 2.32. The first-order chi connectivity index (χ1) is 11.8. The molecule has 136 valence electrons. The molecule has 2 unspecified atom stereocenters. The van der Waals surface area contributed by atoms with Crippen molar-refractivity contribution in [1.82, 2.24) is 15.5 Å². The van der Waals surface area contributed by atoms with Crippen molar-refractivity contribution >= 4 is 17.8 Å². The highest BCUT2D eigenvalue weighted by atomic mass is 19.1. The van der Waals surface area contributed by atoms with E-state index < -0.39 is 29.2 Å². The second-order valence-electron chi connectivity index (χ2n) is 6.01. The van der Waals surface area contributed by atoms with Gasteiger partial charge in [0.1, 0.15) is 17.9 Å². The predicted octanol–water partition coefficient (Wildman–Crippen LogP) is 1.13. The SMILES string of the molecule is CCC1(c2ccc(F)cc2)NC(=O)N(CC(=O)NC(C)COC)C1=O. The van der Waals surface area contributed by atoms with Crippen molar-refractivity contribution in [2.24, 2.45) is 0 Å². The van der Waals surface area contributed by atoms with Gasteiger partial charge >= 0.3 is 6.03 Å². The van der Waals surface area contributed by atoms with Crippen LogP contribution in [-0.4, -0.2) is 49.0 Å². The molecule has 0 bridgehead atoms. The Morgan fingerprint density at radius 2 is 2.00 bits per heavy atom. The number of benzene rings is 1. The van der Waals surface area contributed by atoms with Crippen molar-refractivity contribution in [2.45, 2.75) is 31.8 Å². The molecule has 4 amide bonds. The van der Waals surface area contributed by atoms with E-state index in [1.54, 1.807) is 13.8 Å². The summed E-state index contributed by atoms with van der Waals surface area (Å²) in [7, 11) is 1.51. The molecule has 8 heteroatoms. The number of methoxy groups -OCH3 is 1. The van der Waals surface area contributed by atoms with E-state index in [1.807, 2.05) is 0 Å². The number of rotatable bonds is 7. The minimum Gasteiger partial charge on any atom is -0.383 e. The summed E-state index contributed by atoms with van der Waals surface area (Å²) in [5.74, 6) is -1.42. The predicted molar refractivity (Wildman–Crippen MR) is 88.1 cm³/mol. The van der Waals surface area contributed by atoms with Crippen molar-refractivity contribution < 1.29 is 23.5 Å². The van der Waals surface area contributed by atoms with Gasteiger partial charge in [-0.3, -0.25) is 14.5 Å². The van der Waals surface area contributed by atoms with Gasteiger partial charge in [-0.2, -0.15) is 0 Å². The van der Waals surface area contributed by atoms with Crippen LogP contribution in [-0.2, 0) is 19.9 Å². The smallest absolute Gasteiger partial charge is 0.325 e. The van der Waals surface area contributed by atoms with Gasteiger partial charge in [-0.1, -0.05) is 19.1 Å². The Morgan fingerprint density at radius 1 is 1.36 bits per heavy atom. The van der Waals surface area contributed by atoms with Crippen molar-refractivity contribution in [2.75, 3.05) is 20.3 Å². The molecule has 7 nitrogen and oxygen atoms in total. The van der Waals surface area contributed by atoms with Crippen LogP contribution in [0.3, 0.4) is 0 Å². The highest BCUT2D eigenvalue weighted by Gasteiger charge is 2.51. The first kappa shape index (κ1) is 18.9. The monoisotopic (exact) mass is 351 g/mol. The molecule has 1 aliphatic heterocycles. The second-order valence-corrected chi connectivity index (χ2v) is 6.01. The van der Waals surface area contributed by atoms with E-state index in [-0.39, 0.29) is 19.0 Å². The third kappa shape index (κ3) is 3.79. The number of nitrogens with zero attached hydrogens (tertiary/aromatic N) is 1. The lowest BCUT2D eigenvalue weighted by Gasteiger charge is -2.25. The maximum absolute atomic E-state index is 13.2. The molecule has 1 saturated heterocycles. The molecule has 1 aliphatic rings. The van der Waals surface area contributed by atoms with Gasteiger partial charge in [0.2, 0.25) is 5.91 Å². The third-order valence-electron chi connectivity index (χ3n) is 4.17. The fourth-order valence-corrected chi connectivity index (χ4v) is 2.90. The van der Waals surface area contributed by atoms with Crippen LogP contribution in [0.25, 0.3) is 0 Å². The number of carbonyl (C=O) groups is 3. The number of hydrogen-bond donors (Lipinski definition) is 2. The van der Waals surface area contributed by atoms with Gasteiger partial charge < -0.3 is 15.4 Å². The largest absolute Gasteiger partial charge is 0.383 e. The number of amides is 4. The summed E-state index contributed by atoms with van der Waals surface area (Å²) in [6, 6.07) is 4.49. The van der Waals surface area contributed by atoms with E-state index in [9.17, 15) is 18.8 Å². The van der Waals surface area contributed by atoms with E-state index in [0.29, 0.717) is 12.2 Å². The molecule has 1 aromatic carbocycles. The van der Waals surface area contributed by atoms with Gasteiger partial charge in [0, 0.05) is 13.2 Å². The number of urea groups is 1. The zero-order chi connectivity index (χ0) is 18.6. The lowest BCUT2D eigenvalue weighted by Crippen LogP contribution is -2.46. The lowest BCUT2D eigenvalue weighted by molar-refractivity contribution is -0.135. The minimum atomic E-state index is -1.29. The first-order valence-corrected chi connectivity index (χ1v) is 8.02. The lowest BCUT2D eigenvalue weighted by atomic mass is 9.87. The van der Waals surface area contributed by atoms with Crippen molar-refractivity contribution in [3.05, 3.63) is 35.6 Å². The van der Waals surface area contributed by atoms with E-state index >= 15 is 0 Å². The van der Waals surface area contributed by atoms with Crippen LogP contribution in [0.15, 0.2) is 24.3 Å². The van der Waals surface area contributed by atoms with Crippen LogP contribution in [0.1, 0.15) is 25.8 Å². The van der Waals surface area contributed by atoms with Crippen LogP contribution in [0, 0.1) is 5.82 Å². The van der Waals surface area contributed by atoms with E-state index in [1.165, 1.54) is 31.4 Å². The molecule has 0 radical (unpaired) electrons. The van der Waals surface area contributed by atoms with E-state index in [4.69, 9.17) is 4.74 Å². The number of ether oxygens (including phenoxy) is 1. The summed E-state index contributed by atoms with van der Waals surface area (Å²) < 4.78 is 18.1. The Kier molecular flexibility index (Phi) is 5.73. The topological polar surface area (TPSA) is 87.7 Å². The zero-order valence-corrected chi connectivity index (χ0v) is 14.5. The summed E-state index contributed by atoms with van der Waals surface area (Å²) in [4.78, 5) is 38.0. The van der Waals surface area contributed by atoms with Crippen LogP contribution >= 0.6 is 0 Å². The molecule has 1 aromatic rings. The Bertz CT molecular complexity index is 664. The number of imide groups is 1. The summed E-state index contributed by atoms with van der Waals surface area (Å²) in [6.45, 7) is 3.43. The Morgan fingerprint density at radius 3 is 2.56 bits per heavy atom. The van der Waals surface area contributed by atoms with E-state index in [2.05, 4.69) is 10.6 Å². The minimum absolute atomic E-state index is 0.244. The molecule has 2 N–H and O–H groups in total. The molecular formula is C17H22FN3O4. The number of carbonyl (C=O) groups excluding carboxylic acids is 3. The molecule has 2 rings (SSSR count).